The first-order chi connectivity index (χ1) is 8.71. The van der Waals surface area contributed by atoms with Gasteiger partial charge in [-0.1, -0.05) is 19.1 Å². The summed E-state index contributed by atoms with van der Waals surface area (Å²) in [6.07, 6.45) is 2.42. The van der Waals surface area contributed by atoms with Crippen LogP contribution in [0.15, 0.2) is 24.3 Å². The van der Waals surface area contributed by atoms with Gasteiger partial charge in [-0.2, -0.15) is 0 Å². The maximum absolute atomic E-state index is 5.31. The fourth-order valence-corrected chi connectivity index (χ4v) is 2.01. The Balaban J connectivity index is 2.69. The SMILES string of the molecule is CCNC(CCC(C)OC)c1cccc(OC)c1. The van der Waals surface area contributed by atoms with E-state index in [4.69, 9.17) is 9.47 Å². The summed E-state index contributed by atoms with van der Waals surface area (Å²) in [6, 6.07) is 8.63. The van der Waals surface area contributed by atoms with Gasteiger partial charge in [-0.05, 0) is 44.0 Å². The first kappa shape index (κ1) is 15.0. The number of methoxy groups -OCH3 is 2. The maximum atomic E-state index is 5.31. The van der Waals surface area contributed by atoms with Crippen LogP contribution in [0.4, 0.5) is 0 Å². The molecule has 0 aliphatic carbocycles. The molecule has 102 valence electrons. The second-order valence-corrected chi connectivity index (χ2v) is 4.51. The first-order valence-corrected chi connectivity index (χ1v) is 6.61. The highest BCUT2D eigenvalue weighted by Gasteiger charge is 2.12. The van der Waals surface area contributed by atoms with Crippen molar-refractivity contribution in [3.8, 4) is 5.75 Å². The third kappa shape index (κ3) is 4.67. The predicted octanol–water partition coefficient (Wildman–Crippen LogP) is 3.16. The Morgan fingerprint density at radius 1 is 1.22 bits per heavy atom. The summed E-state index contributed by atoms with van der Waals surface area (Å²) in [6.45, 7) is 5.20. The Morgan fingerprint density at radius 3 is 2.61 bits per heavy atom. The van der Waals surface area contributed by atoms with Gasteiger partial charge in [-0.15, -0.1) is 0 Å². The molecular formula is C15H25NO2. The molecule has 3 heteroatoms. The van der Waals surface area contributed by atoms with Crippen LogP contribution in [0.1, 0.15) is 38.3 Å². The molecule has 0 amide bonds. The smallest absolute Gasteiger partial charge is 0.119 e. The lowest BCUT2D eigenvalue weighted by molar-refractivity contribution is 0.106. The minimum absolute atomic E-state index is 0.303. The molecule has 1 rings (SSSR count). The van der Waals surface area contributed by atoms with E-state index in [1.165, 1.54) is 5.56 Å². The lowest BCUT2D eigenvalue weighted by Gasteiger charge is -2.20. The quantitative estimate of drug-likeness (QED) is 0.770. The average Bonchev–Trinajstić information content (AvgIpc) is 2.43. The van der Waals surface area contributed by atoms with Crippen molar-refractivity contribution < 1.29 is 9.47 Å². The fraction of sp³-hybridized carbons (Fsp3) is 0.600. The summed E-state index contributed by atoms with van der Waals surface area (Å²) in [5.41, 5.74) is 1.28. The molecule has 0 saturated heterocycles. The summed E-state index contributed by atoms with van der Waals surface area (Å²) in [4.78, 5) is 0. The Kier molecular flexibility index (Phi) is 6.76. The van der Waals surface area contributed by atoms with Crippen LogP contribution in [0.2, 0.25) is 0 Å². The molecule has 18 heavy (non-hydrogen) atoms. The molecule has 0 heterocycles. The van der Waals surface area contributed by atoms with E-state index in [-0.39, 0.29) is 0 Å². The summed E-state index contributed by atoms with van der Waals surface area (Å²) in [5, 5.41) is 3.52. The van der Waals surface area contributed by atoms with Crippen LogP contribution in [-0.4, -0.2) is 26.9 Å². The number of rotatable bonds is 8. The highest BCUT2D eigenvalue weighted by molar-refractivity contribution is 5.30. The van der Waals surface area contributed by atoms with Gasteiger partial charge in [0.25, 0.3) is 0 Å². The van der Waals surface area contributed by atoms with Gasteiger partial charge in [0, 0.05) is 13.2 Å². The molecule has 2 unspecified atom stereocenters. The molecular weight excluding hydrogens is 226 g/mol. The topological polar surface area (TPSA) is 30.5 Å². The van der Waals surface area contributed by atoms with Gasteiger partial charge in [0.1, 0.15) is 5.75 Å². The Morgan fingerprint density at radius 2 is 2.00 bits per heavy atom. The molecule has 0 aliphatic rings. The number of hydrogen-bond acceptors (Lipinski definition) is 3. The number of hydrogen-bond donors (Lipinski definition) is 1. The van der Waals surface area contributed by atoms with Crippen molar-refractivity contribution in [2.75, 3.05) is 20.8 Å². The Hall–Kier alpha value is -1.06. The van der Waals surface area contributed by atoms with Gasteiger partial charge in [-0.25, -0.2) is 0 Å². The van der Waals surface area contributed by atoms with Crippen molar-refractivity contribution in [3.05, 3.63) is 29.8 Å². The number of ether oxygens (including phenoxy) is 2. The van der Waals surface area contributed by atoms with E-state index in [0.717, 1.165) is 25.1 Å². The van der Waals surface area contributed by atoms with Gasteiger partial charge in [-0.3, -0.25) is 0 Å². The van der Waals surface area contributed by atoms with E-state index in [1.54, 1.807) is 14.2 Å². The van der Waals surface area contributed by atoms with Crippen LogP contribution >= 0.6 is 0 Å². The highest BCUT2D eigenvalue weighted by Crippen LogP contribution is 2.23. The van der Waals surface area contributed by atoms with Crippen LogP contribution in [0.5, 0.6) is 5.75 Å². The van der Waals surface area contributed by atoms with E-state index in [2.05, 4.69) is 31.3 Å². The summed E-state index contributed by atoms with van der Waals surface area (Å²) in [5.74, 6) is 0.912. The monoisotopic (exact) mass is 251 g/mol. The van der Waals surface area contributed by atoms with E-state index < -0.39 is 0 Å². The van der Waals surface area contributed by atoms with Crippen LogP contribution in [0.25, 0.3) is 0 Å². The average molecular weight is 251 g/mol. The van der Waals surface area contributed by atoms with E-state index in [0.29, 0.717) is 12.1 Å². The van der Waals surface area contributed by atoms with Crippen LogP contribution < -0.4 is 10.1 Å². The van der Waals surface area contributed by atoms with E-state index in [9.17, 15) is 0 Å². The van der Waals surface area contributed by atoms with Crippen LogP contribution in [0.3, 0.4) is 0 Å². The van der Waals surface area contributed by atoms with Gasteiger partial charge < -0.3 is 14.8 Å². The number of benzene rings is 1. The van der Waals surface area contributed by atoms with Crippen LogP contribution in [0, 0.1) is 0 Å². The second-order valence-electron chi connectivity index (χ2n) is 4.51. The van der Waals surface area contributed by atoms with Crippen molar-refractivity contribution in [2.24, 2.45) is 0 Å². The molecule has 0 saturated carbocycles. The predicted molar refractivity (Wildman–Crippen MR) is 75.1 cm³/mol. The summed E-state index contributed by atoms with van der Waals surface area (Å²) in [7, 11) is 3.47. The molecule has 1 aromatic rings. The summed E-state index contributed by atoms with van der Waals surface area (Å²) < 4.78 is 10.6. The third-order valence-corrected chi connectivity index (χ3v) is 3.21. The minimum atomic E-state index is 0.303. The molecule has 2 atom stereocenters. The van der Waals surface area contributed by atoms with Crippen molar-refractivity contribution in [2.45, 2.75) is 38.8 Å². The molecule has 0 fully saturated rings. The molecule has 3 nitrogen and oxygen atoms in total. The van der Waals surface area contributed by atoms with Crippen LogP contribution in [-0.2, 0) is 4.74 Å². The fourth-order valence-electron chi connectivity index (χ4n) is 2.01. The Labute approximate surface area is 110 Å². The molecule has 1 aromatic carbocycles. The van der Waals surface area contributed by atoms with Crippen molar-refractivity contribution >= 4 is 0 Å². The largest absolute Gasteiger partial charge is 0.497 e. The molecule has 0 aromatic heterocycles. The van der Waals surface area contributed by atoms with Gasteiger partial charge in [0.05, 0.1) is 13.2 Å². The zero-order chi connectivity index (χ0) is 13.4. The lowest BCUT2D eigenvalue weighted by Crippen LogP contribution is -2.22. The highest BCUT2D eigenvalue weighted by atomic mass is 16.5. The second kappa shape index (κ2) is 8.11. The van der Waals surface area contributed by atoms with E-state index in [1.807, 2.05) is 12.1 Å². The summed E-state index contributed by atoms with van der Waals surface area (Å²) >= 11 is 0. The Bertz CT molecular complexity index is 341. The normalized spacial score (nSPS) is 14.2. The third-order valence-electron chi connectivity index (χ3n) is 3.21. The first-order valence-electron chi connectivity index (χ1n) is 6.61. The van der Waals surface area contributed by atoms with Gasteiger partial charge in [0.15, 0.2) is 0 Å². The zero-order valence-electron chi connectivity index (χ0n) is 11.9. The van der Waals surface area contributed by atoms with E-state index >= 15 is 0 Å². The zero-order valence-corrected chi connectivity index (χ0v) is 11.9. The van der Waals surface area contributed by atoms with Gasteiger partial charge >= 0.3 is 0 Å². The molecule has 1 N–H and O–H groups in total. The molecule has 0 spiro atoms. The minimum Gasteiger partial charge on any atom is -0.497 e. The van der Waals surface area contributed by atoms with Crippen molar-refractivity contribution in [1.29, 1.82) is 0 Å². The lowest BCUT2D eigenvalue weighted by atomic mass is 10.00. The van der Waals surface area contributed by atoms with Gasteiger partial charge in [0.2, 0.25) is 0 Å². The van der Waals surface area contributed by atoms with Crippen molar-refractivity contribution in [1.82, 2.24) is 5.32 Å². The molecule has 0 bridgehead atoms. The number of nitrogens with one attached hydrogen (secondary N) is 1. The molecule has 0 aliphatic heterocycles. The standard InChI is InChI=1S/C15H25NO2/c1-5-16-15(10-9-12(2)17-3)13-7-6-8-14(11-13)18-4/h6-8,11-12,15-16H,5,9-10H2,1-4H3. The maximum Gasteiger partial charge on any atom is 0.119 e. The molecule has 0 radical (unpaired) electrons. The van der Waals surface area contributed by atoms with Crippen molar-refractivity contribution in [3.63, 3.8) is 0 Å².